The van der Waals surface area contributed by atoms with Crippen LogP contribution in [-0.4, -0.2) is 18.8 Å². The predicted molar refractivity (Wildman–Crippen MR) is 25.6 cm³/mol. The van der Waals surface area contributed by atoms with E-state index in [0.29, 0.717) is 0 Å². The van der Waals surface area contributed by atoms with Crippen LogP contribution in [0.1, 0.15) is 0 Å². The second-order valence-corrected chi connectivity index (χ2v) is 2.83. The SMILES string of the molecule is CN(C)[PH2](F)F. The first-order chi connectivity index (χ1) is 2.64. The van der Waals surface area contributed by atoms with Crippen LogP contribution in [0.15, 0.2) is 0 Å². The summed E-state index contributed by atoms with van der Waals surface area (Å²) in [6.07, 6.45) is 0. The molecule has 0 amide bonds. The van der Waals surface area contributed by atoms with Gasteiger partial charge in [0, 0.05) is 0 Å². The fourth-order valence-corrected chi connectivity index (χ4v) is 0. The van der Waals surface area contributed by atoms with Crippen molar-refractivity contribution in [1.82, 2.24) is 4.67 Å². The third kappa shape index (κ3) is 2.49. The van der Waals surface area contributed by atoms with Gasteiger partial charge >= 0.3 is 35.9 Å². The summed E-state index contributed by atoms with van der Waals surface area (Å²) in [5, 5.41) is 0. The van der Waals surface area contributed by atoms with Crippen LogP contribution in [0.2, 0.25) is 0 Å². The molecule has 0 saturated heterocycles. The Kier molecular flexibility index (Phi) is 2.53. The predicted octanol–water partition coefficient (Wildman–Crippen LogP) is 1.18. The summed E-state index contributed by atoms with van der Waals surface area (Å²) in [4.78, 5) is 0. The Balaban J connectivity index is 2.99. The van der Waals surface area contributed by atoms with Gasteiger partial charge in [0.1, 0.15) is 0 Å². The third-order valence-electron chi connectivity index (χ3n) is 0.390. The standard InChI is InChI=1S/C2H8F2NP/c1-5(2)6(3)4/h6H2,1-2H3. The first-order valence-electron chi connectivity index (χ1n) is 1.59. The summed E-state index contributed by atoms with van der Waals surface area (Å²) in [7, 11) is -0.639. The molecule has 0 aromatic carbocycles. The number of hydrogen-bond donors (Lipinski definition) is 0. The van der Waals surface area contributed by atoms with E-state index in [1.54, 1.807) is 0 Å². The summed E-state index contributed by atoms with van der Waals surface area (Å²) >= 11 is 0. The van der Waals surface area contributed by atoms with Crippen molar-refractivity contribution in [2.45, 2.75) is 0 Å². The van der Waals surface area contributed by atoms with E-state index < -0.39 is 8.69 Å². The first kappa shape index (κ1) is 6.25. The molecule has 40 valence electrons. The molecule has 0 bridgehead atoms. The minimum atomic E-state index is -3.41. The van der Waals surface area contributed by atoms with Gasteiger partial charge in [0.2, 0.25) is 0 Å². The fourth-order valence-electron chi connectivity index (χ4n) is 0. The Morgan fingerprint density at radius 2 is 1.50 bits per heavy atom. The molecule has 4 heteroatoms. The van der Waals surface area contributed by atoms with Gasteiger partial charge in [0.25, 0.3) is 0 Å². The van der Waals surface area contributed by atoms with Crippen LogP contribution in [0.5, 0.6) is 0 Å². The average Bonchev–Trinajstić information content (AvgIpc) is 1.36. The van der Waals surface area contributed by atoms with Gasteiger partial charge in [0.05, 0.1) is 0 Å². The molecule has 0 unspecified atom stereocenters. The maximum absolute atomic E-state index is 11.2. The molecule has 0 aliphatic carbocycles. The van der Waals surface area contributed by atoms with Gasteiger partial charge in [-0.1, -0.05) is 0 Å². The summed E-state index contributed by atoms with van der Waals surface area (Å²) in [5.41, 5.74) is 0. The summed E-state index contributed by atoms with van der Waals surface area (Å²) in [6, 6.07) is 0. The molecule has 0 rings (SSSR count). The molecule has 0 saturated carbocycles. The van der Waals surface area contributed by atoms with Gasteiger partial charge in [-0.15, -0.1) is 0 Å². The number of hydrogen-bond acceptors (Lipinski definition) is 1. The van der Waals surface area contributed by atoms with E-state index in [4.69, 9.17) is 0 Å². The van der Waals surface area contributed by atoms with Crippen molar-refractivity contribution in [3.8, 4) is 0 Å². The zero-order valence-corrected chi connectivity index (χ0v) is 4.94. The van der Waals surface area contributed by atoms with E-state index in [1.807, 2.05) is 0 Å². The molecule has 0 N–H and O–H groups in total. The Hall–Kier alpha value is 0.250. The maximum atomic E-state index is 11.2. The van der Waals surface area contributed by atoms with Crippen LogP contribution in [0, 0.1) is 0 Å². The van der Waals surface area contributed by atoms with Crippen molar-refractivity contribution in [3.63, 3.8) is 0 Å². The quantitative estimate of drug-likeness (QED) is 0.464. The second kappa shape index (κ2) is 2.43. The molecule has 0 spiro atoms. The topological polar surface area (TPSA) is 3.24 Å². The number of rotatable bonds is 1. The summed E-state index contributed by atoms with van der Waals surface area (Å²) in [6.45, 7) is 0. The minimum absolute atomic E-state index is 0.972. The molecule has 0 aliphatic heterocycles. The van der Waals surface area contributed by atoms with Crippen molar-refractivity contribution in [1.29, 1.82) is 0 Å². The molecule has 0 radical (unpaired) electrons. The number of nitrogens with zero attached hydrogens (tertiary/aromatic N) is 1. The van der Waals surface area contributed by atoms with Crippen LogP contribution in [0.25, 0.3) is 0 Å². The molecular weight excluding hydrogens is 107 g/mol. The normalized spacial score (nSPS) is 12.5. The molecule has 0 aliphatic rings. The van der Waals surface area contributed by atoms with Crippen molar-refractivity contribution >= 4 is 8.69 Å². The van der Waals surface area contributed by atoms with E-state index in [0.717, 1.165) is 4.67 Å². The van der Waals surface area contributed by atoms with Crippen molar-refractivity contribution in [2.75, 3.05) is 14.1 Å². The Bertz CT molecular complexity index is 32.5. The van der Waals surface area contributed by atoms with Crippen LogP contribution in [0.3, 0.4) is 0 Å². The van der Waals surface area contributed by atoms with Gasteiger partial charge in [-0.2, -0.15) is 0 Å². The van der Waals surface area contributed by atoms with Crippen molar-refractivity contribution < 1.29 is 8.39 Å². The Labute approximate surface area is 37.0 Å². The van der Waals surface area contributed by atoms with Gasteiger partial charge < -0.3 is 0 Å². The van der Waals surface area contributed by atoms with E-state index in [-0.39, 0.29) is 0 Å². The van der Waals surface area contributed by atoms with Crippen molar-refractivity contribution in [2.24, 2.45) is 0 Å². The molecular formula is C2H8F2NP. The van der Waals surface area contributed by atoms with Crippen LogP contribution >= 0.6 is 8.69 Å². The molecule has 0 fully saturated rings. The first-order valence-corrected chi connectivity index (χ1v) is 2.98. The summed E-state index contributed by atoms with van der Waals surface area (Å²) in [5.74, 6) is 0. The molecule has 0 atom stereocenters. The summed E-state index contributed by atoms with van der Waals surface area (Å²) < 4.78 is 23.4. The number of halogens is 2. The van der Waals surface area contributed by atoms with Crippen molar-refractivity contribution in [3.05, 3.63) is 0 Å². The monoisotopic (exact) mass is 115 g/mol. The van der Waals surface area contributed by atoms with Gasteiger partial charge in [0.15, 0.2) is 0 Å². The van der Waals surface area contributed by atoms with Gasteiger partial charge in [-0.25, -0.2) is 0 Å². The molecule has 0 aromatic heterocycles. The third-order valence-corrected chi connectivity index (χ3v) is 1.17. The van der Waals surface area contributed by atoms with E-state index in [2.05, 4.69) is 0 Å². The molecule has 6 heavy (non-hydrogen) atoms. The molecule has 0 aromatic rings. The van der Waals surface area contributed by atoms with Crippen LogP contribution in [0.4, 0.5) is 8.39 Å². The Morgan fingerprint density at radius 3 is 1.50 bits per heavy atom. The zero-order valence-electron chi connectivity index (χ0n) is 3.78. The van der Waals surface area contributed by atoms with Crippen LogP contribution in [-0.2, 0) is 0 Å². The van der Waals surface area contributed by atoms with E-state index in [9.17, 15) is 8.39 Å². The fraction of sp³-hybridized carbons (Fsp3) is 1.00. The zero-order chi connectivity index (χ0) is 5.15. The van der Waals surface area contributed by atoms with E-state index in [1.165, 1.54) is 14.1 Å². The van der Waals surface area contributed by atoms with Gasteiger partial charge in [-0.3, -0.25) is 0 Å². The second-order valence-electron chi connectivity index (χ2n) is 1.24. The van der Waals surface area contributed by atoms with E-state index >= 15 is 0 Å². The average molecular weight is 115 g/mol. The molecule has 0 heterocycles. The van der Waals surface area contributed by atoms with Crippen LogP contribution < -0.4 is 0 Å². The van der Waals surface area contributed by atoms with Gasteiger partial charge in [-0.05, 0) is 0 Å². The molecule has 1 nitrogen and oxygen atoms in total. The Morgan fingerprint density at radius 1 is 1.33 bits per heavy atom.